The number of guanidine groups is 1. The van der Waals surface area contributed by atoms with Crippen LogP contribution in [-0.4, -0.2) is 55.8 Å². The number of nitrogens with one attached hydrogen (secondary N) is 1. The van der Waals surface area contributed by atoms with Crippen molar-refractivity contribution in [2.45, 2.75) is 17.4 Å². The minimum absolute atomic E-state index is 0.159. The van der Waals surface area contributed by atoms with E-state index in [1.807, 2.05) is 0 Å². The number of aliphatic imine (C=N–C) groups is 1. The third-order valence-electron chi connectivity index (χ3n) is 4.91. The number of hydrogen-bond donors (Lipinski definition) is 2. The number of nitrogens with two attached hydrogens (primary N) is 1. The Kier molecular flexibility index (Phi) is 5.12. The number of carbonyl (C=O) groups is 1. The standard InChI is InChI=1S/C17H18ClN5O5S2/c1-23-16(19)22-17(6-7-28-15(17)30(23,25)26)13-9(18)8-10(29-13)14(24)21-11-4-3-5-12(20-11)27-2/h3-5,8,15H,6-7H2,1-2H3,(H2,19,22)(H,20,21,24). The van der Waals surface area contributed by atoms with Crippen LogP contribution < -0.4 is 15.8 Å². The van der Waals surface area contributed by atoms with Crippen molar-refractivity contribution in [3.8, 4) is 5.88 Å². The van der Waals surface area contributed by atoms with Crippen molar-refractivity contribution >= 4 is 50.6 Å². The van der Waals surface area contributed by atoms with Gasteiger partial charge in [0, 0.05) is 19.5 Å². The zero-order valence-corrected chi connectivity index (χ0v) is 18.3. The van der Waals surface area contributed by atoms with Crippen LogP contribution in [0.3, 0.4) is 0 Å². The highest BCUT2D eigenvalue weighted by molar-refractivity contribution is 7.90. The molecule has 1 amide bonds. The summed E-state index contributed by atoms with van der Waals surface area (Å²) in [6.07, 6.45) is 0.268. The van der Waals surface area contributed by atoms with Gasteiger partial charge in [-0.1, -0.05) is 17.7 Å². The average molecular weight is 472 g/mol. The summed E-state index contributed by atoms with van der Waals surface area (Å²) in [6.45, 7) is 0.165. The van der Waals surface area contributed by atoms with Gasteiger partial charge in [-0.05, 0) is 12.1 Å². The SMILES string of the molecule is COc1cccc(NC(=O)c2cc(Cl)c(C34CCOC3S(=O)(=O)N(C)C(N)=N4)s2)n1. The van der Waals surface area contributed by atoms with Gasteiger partial charge in [0.1, 0.15) is 11.4 Å². The molecule has 0 bridgehead atoms. The lowest BCUT2D eigenvalue weighted by Gasteiger charge is -2.37. The van der Waals surface area contributed by atoms with Gasteiger partial charge >= 0.3 is 0 Å². The van der Waals surface area contributed by atoms with Crippen molar-refractivity contribution in [2.75, 3.05) is 26.1 Å². The summed E-state index contributed by atoms with van der Waals surface area (Å²) < 4.78 is 37.1. The number of aromatic nitrogens is 1. The molecule has 4 rings (SSSR count). The fourth-order valence-corrected chi connectivity index (χ4v) is 6.68. The number of carbonyl (C=O) groups excluding carboxylic acids is 1. The summed E-state index contributed by atoms with van der Waals surface area (Å²) in [6, 6.07) is 6.43. The molecule has 2 aromatic rings. The van der Waals surface area contributed by atoms with Crippen LogP contribution in [0.25, 0.3) is 0 Å². The van der Waals surface area contributed by atoms with E-state index in [1.165, 1.54) is 20.2 Å². The summed E-state index contributed by atoms with van der Waals surface area (Å²) >= 11 is 7.48. The van der Waals surface area contributed by atoms with Crippen molar-refractivity contribution < 1.29 is 22.7 Å². The van der Waals surface area contributed by atoms with Gasteiger partial charge in [0.2, 0.25) is 17.3 Å². The Morgan fingerprint density at radius 3 is 3.00 bits per heavy atom. The Morgan fingerprint density at radius 2 is 2.27 bits per heavy atom. The summed E-state index contributed by atoms with van der Waals surface area (Å²) in [5, 5.41) is 2.89. The Hall–Kier alpha value is -2.41. The maximum Gasteiger partial charge on any atom is 0.267 e. The van der Waals surface area contributed by atoms with Crippen molar-refractivity contribution in [2.24, 2.45) is 10.7 Å². The van der Waals surface area contributed by atoms with Crippen molar-refractivity contribution in [3.63, 3.8) is 0 Å². The first-order valence-electron chi connectivity index (χ1n) is 8.76. The number of halogens is 1. The highest BCUT2D eigenvalue weighted by Crippen LogP contribution is 2.50. The molecule has 3 N–H and O–H groups in total. The molecule has 2 aliphatic rings. The number of anilines is 1. The maximum absolute atomic E-state index is 12.8. The quantitative estimate of drug-likeness (QED) is 0.690. The van der Waals surface area contributed by atoms with Crippen molar-refractivity contribution in [1.29, 1.82) is 0 Å². The average Bonchev–Trinajstić information content (AvgIpc) is 3.31. The Bertz CT molecular complexity index is 1150. The lowest BCUT2D eigenvalue weighted by atomic mass is 9.97. The Morgan fingerprint density at radius 1 is 1.50 bits per heavy atom. The topological polar surface area (TPSA) is 136 Å². The van der Waals surface area contributed by atoms with Gasteiger partial charge in [-0.25, -0.2) is 17.7 Å². The molecule has 30 heavy (non-hydrogen) atoms. The smallest absolute Gasteiger partial charge is 0.267 e. The summed E-state index contributed by atoms with van der Waals surface area (Å²) in [7, 11) is -1.11. The third-order valence-corrected chi connectivity index (χ3v) is 8.64. The van der Waals surface area contributed by atoms with E-state index >= 15 is 0 Å². The van der Waals surface area contributed by atoms with Crippen LogP contribution in [0.4, 0.5) is 5.82 Å². The number of thiophene rings is 1. The van der Waals surface area contributed by atoms with Crippen LogP contribution in [-0.2, 0) is 20.3 Å². The molecular weight excluding hydrogens is 454 g/mol. The van der Waals surface area contributed by atoms with E-state index in [4.69, 9.17) is 26.8 Å². The lowest BCUT2D eigenvalue weighted by molar-refractivity contribution is 0.103. The monoisotopic (exact) mass is 471 g/mol. The van der Waals surface area contributed by atoms with Gasteiger partial charge in [0.25, 0.3) is 15.9 Å². The van der Waals surface area contributed by atoms with Gasteiger partial charge in [0.05, 0.1) is 28.5 Å². The van der Waals surface area contributed by atoms with Crippen LogP contribution in [0.5, 0.6) is 5.88 Å². The van der Waals surface area contributed by atoms with Crippen LogP contribution in [0.2, 0.25) is 5.02 Å². The van der Waals surface area contributed by atoms with Crippen molar-refractivity contribution in [1.82, 2.24) is 9.29 Å². The maximum atomic E-state index is 12.8. The Balaban J connectivity index is 1.71. The highest BCUT2D eigenvalue weighted by atomic mass is 35.5. The van der Waals surface area contributed by atoms with Gasteiger partial charge in [-0.2, -0.15) is 4.98 Å². The number of amides is 1. The molecule has 0 radical (unpaired) electrons. The van der Waals surface area contributed by atoms with E-state index in [9.17, 15) is 13.2 Å². The predicted octanol–water partition coefficient (Wildman–Crippen LogP) is 1.59. The predicted molar refractivity (Wildman–Crippen MR) is 112 cm³/mol. The zero-order chi connectivity index (χ0) is 21.7. The molecule has 10 nitrogen and oxygen atoms in total. The van der Waals surface area contributed by atoms with E-state index in [2.05, 4.69) is 15.3 Å². The fraction of sp³-hybridized carbons (Fsp3) is 0.353. The molecule has 2 unspecified atom stereocenters. The molecular formula is C17H18ClN5O5S2. The normalized spacial score (nSPS) is 24.8. The van der Waals surface area contributed by atoms with Crippen LogP contribution >= 0.6 is 22.9 Å². The number of methoxy groups -OCH3 is 1. The van der Waals surface area contributed by atoms with Gasteiger partial charge < -0.3 is 20.5 Å². The van der Waals surface area contributed by atoms with E-state index in [0.29, 0.717) is 16.6 Å². The highest BCUT2D eigenvalue weighted by Gasteiger charge is 2.59. The number of ether oxygens (including phenoxy) is 2. The molecule has 0 aromatic carbocycles. The molecule has 0 saturated carbocycles. The summed E-state index contributed by atoms with van der Waals surface area (Å²) in [4.78, 5) is 22.0. The molecule has 0 aliphatic carbocycles. The van der Waals surface area contributed by atoms with E-state index in [-0.39, 0.29) is 28.9 Å². The number of nitrogens with zero attached hydrogens (tertiary/aromatic N) is 3. The molecule has 1 saturated heterocycles. The molecule has 160 valence electrons. The number of pyridine rings is 1. The molecule has 13 heteroatoms. The largest absolute Gasteiger partial charge is 0.481 e. The fourth-order valence-electron chi connectivity index (χ4n) is 3.39. The molecule has 1 fully saturated rings. The second kappa shape index (κ2) is 7.38. The second-order valence-electron chi connectivity index (χ2n) is 6.67. The molecule has 0 spiro atoms. The van der Waals surface area contributed by atoms with Crippen molar-refractivity contribution in [3.05, 3.63) is 39.0 Å². The van der Waals surface area contributed by atoms with Crippen LogP contribution in [0, 0.1) is 0 Å². The van der Waals surface area contributed by atoms with Gasteiger partial charge in [-0.15, -0.1) is 11.3 Å². The number of sulfonamides is 1. The first kappa shape index (κ1) is 20.8. The first-order chi connectivity index (χ1) is 14.2. The molecule has 2 atom stereocenters. The van der Waals surface area contributed by atoms with E-state index < -0.39 is 26.9 Å². The number of rotatable bonds is 4. The summed E-state index contributed by atoms with van der Waals surface area (Å²) in [5.74, 6) is 0.0416. The zero-order valence-electron chi connectivity index (χ0n) is 16.0. The third kappa shape index (κ3) is 3.20. The number of fused-ring (bicyclic) bond motifs is 1. The molecule has 4 heterocycles. The second-order valence-corrected chi connectivity index (χ2v) is 10.1. The van der Waals surface area contributed by atoms with Crippen LogP contribution in [0.1, 0.15) is 21.0 Å². The molecule has 2 aromatic heterocycles. The minimum atomic E-state index is -3.90. The van der Waals surface area contributed by atoms with E-state index in [1.54, 1.807) is 18.2 Å². The molecule has 2 aliphatic heterocycles. The van der Waals surface area contributed by atoms with Gasteiger partial charge in [0.15, 0.2) is 0 Å². The van der Waals surface area contributed by atoms with Gasteiger partial charge in [-0.3, -0.25) is 4.79 Å². The first-order valence-corrected chi connectivity index (χ1v) is 11.5. The lowest BCUT2D eigenvalue weighted by Crippen LogP contribution is -2.55. The Labute approximate surface area is 181 Å². The number of hydrogen-bond acceptors (Lipinski definition) is 9. The minimum Gasteiger partial charge on any atom is -0.481 e. The van der Waals surface area contributed by atoms with Crippen LogP contribution in [0.15, 0.2) is 29.3 Å². The van der Waals surface area contributed by atoms with E-state index in [0.717, 1.165) is 15.6 Å². The summed E-state index contributed by atoms with van der Waals surface area (Å²) in [5.41, 5.74) is 3.31.